The van der Waals surface area contributed by atoms with Gasteiger partial charge in [0, 0.05) is 13.5 Å². The summed E-state index contributed by atoms with van der Waals surface area (Å²) in [5.41, 5.74) is 10.1. The van der Waals surface area contributed by atoms with Crippen molar-refractivity contribution in [1.82, 2.24) is 42.5 Å². The van der Waals surface area contributed by atoms with Crippen LogP contribution < -0.4 is 54.0 Å². The summed E-state index contributed by atoms with van der Waals surface area (Å²) < 4.78 is 0. The van der Waals surface area contributed by atoms with Gasteiger partial charge >= 0.3 is 5.97 Å². The van der Waals surface area contributed by atoms with Crippen LogP contribution in [0.4, 0.5) is 0 Å². The van der Waals surface area contributed by atoms with E-state index in [-0.39, 0.29) is 31.3 Å². The Kier molecular flexibility index (Phi) is 24.3. The Morgan fingerprint density at radius 1 is 0.633 bits per heavy atom. The summed E-state index contributed by atoms with van der Waals surface area (Å²) in [4.78, 5) is 118. The van der Waals surface area contributed by atoms with Gasteiger partial charge in [-0.15, -0.1) is 0 Å². The van der Waals surface area contributed by atoms with Crippen molar-refractivity contribution >= 4 is 59.2 Å². The summed E-state index contributed by atoms with van der Waals surface area (Å²) in [7, 11) is 0. The van der Waals surface area contributed by atoms with E-state index in [4.69, 9.17) is 16.6 Å². The number of rotatable bonds is 27. The van der Waals surface area contributed by atoms with Gasteiger partial charge in [-0.3, -0.25) is 43.3 Å². The molecule has 0 aliphatic heterocycles. The molecule has 0 aromatic heterocycles. The standard InChI is InChI=1S/C35H61N11O14/c1-8-16(4)25(40-19(7)51)32(57)43-22(13-48)29(54)45-24(15(2)3)31(56)39-17(5)27(52)41-20(10-9-11-38-35(36)37)28(53)42-21(12-47)30(55)46-26(18(6)50)33(58)44-23(14-49)34(59)60/h15-16,18,20-26,47-50H,5,8-14H2,1-4,6-7H3,(H,39,56)(H,40,51)(H,41,52)(H,42,53)(H,43,57)(H,44,58)(H,45,54)(H,46,55)(H,59,60)(H4,36,37,38)/t16-,18+,20-,21-,22-,23-,24-,25-,26-/m0/s1. The van der Waals surface area contributed by atoms with Crippen molar-refractivity contribution in [3.8, 4) is 0 Å². The van der Waals surface area contributed by atoms with Crippen LogP contribution in [0, 0.1) is 11.8 Å². The predicted octanol–water partition coefficient (Wildman–Crippen LogP) is -6.77. The van der Waals surface area contributed by atoms with Gasteiger partial charge in [-0.25, -0.2) is 4.79 Å². The van der Waals surface area contributed by atoms with Gasteiger partial charge in [0.1, 0.15) is 42.3 Å². The molecular formula is C35H61N11O14. The SMILES string of the molecule is C=C(NC(=O)[C@@H](NC(=O)[C@H](CO)NC(=O)[C@@H](NC(C)=O)[C@@H](C)CC)C(C)C)C(=O)N[C@@H](CCCN=C(N)N)C(=O)N[C@@H](CO)C(=O)N[C@H](C(=O)N[C@@H](CO)C(=O)O)[C@@H](C)O. The molecular weight excluding hydrogens is 798 g/mol. The average molecular weight is 860 g/mol. The molecule has 25 heteroatoms. The van der Waals surface area contributed by atoms with E-state index in [1.54, 1.807) is 13.8 Å². The highest BCUT2D eigenvalue weighted by Crippen LogP contribution is 2.10. The molecule has 340 valence electrons. The highest BCUT2D eigenvalue weighted by atomic mass is 16.4. The summed E-state index contributed by atoms with van der Waals surface area (Å²) in [5.74, 6) is -10.7. The lowest BCUT2D eigenvalue weighted by molar-refractivity contribution is -0.144. The molecule has 0 saturated heterocycles. The smallest absolute Gasteiger partial charge is 0.328 e. The second-order valence-corrected chi connectivity index (χ2v) is 14.0. The Labute approximate surface area is 346 Å². The highest BCUT2D eigenvalue weighted by Gasteiger charge is 2.35. The molecule has 0 fully saturated rings. The Morgan fingerprint density at radius 2 is 1.10 bits per heavy atom. The molecule has 0 unspecified atom stereocenters. The number of guanidine groups is 1. The second kappa shape index (κ2) is 27.0. The zero-order valence-electron chi connectivity index (χ0n) is 34.4. The Balaban J connectivity index is 6.04. The van der Waals surface area contributed by atoms with E-state index >= 15 is 0 Å². The number of hydrogen-bond donors (Lipinski definition) is 15. The monoisotopic (exact) mass is 859 g/mol. The number of carbonyl (C=O) groups is 9. The van der Waals surface area contributed by atoms with Gasteiger partial charge < -0.3 is 79.5 Å². The number of carboxylic acids is 1. The zero-order valence-corrected chi connectivity index (χ0v) is 34.4. The topological polar surface area (TPSA) is 415 Å². The molecule has 0 spiro atoms. The molecule has 9 atom stereocenters. The minimum Gasteiger partial charge on any atom is -0.480 e. The van der Waals surface area contributed by atoms with Crippen molar-refractivity contribution in [3.63, 3.8) is 0 Å². The molecule has 25 nitrogen and oxygen atoms in total. The largest absolute Gasteiger partial charge is 0.480 e. The first kappa shape index (κ1) is 54.1. The number of aliphatic hydroxyl groups is 4. The van der Waals surface area contributed by atoms with Crippen molar-refractivity contribution in [2.45, 2.75) is 109 Å². The summed E-state index contributed by atoms with van der Waals surface area (Å²) in [6, 6.07) is -10.9. The van der Waals surface area contributed by atoms with E-state index in [0.29, 0.717) is 6.42 Å². The minimum absolute atomic E-state index is 0.0312. The molecule has 0 radical (unpaired) electrons. The maximum absolute atomic E-state index is 13.4. The number of hydrogen-bond acceptors (Lipinski definition) is 14. The molecule has 0 aliphatic rings. The Morgan fingerprint density at radius 3 is 1.53 bits per heavy atom. The third-order valence-electron chi connectivity index (χ3n) is 8.71. The van der Waals surface area contributed by atoms with Gasteiger partial charge in [0.25, 0.3) is 5.91 Å². The van der Waals surface area contributed by atoms with E-state index in [1.165, 1.54) is 20.8 Å². The molecule has 8 amide bonds. The molecule has 17 N–H and O–H groups in total. The fraction of sp³-hybridized carbons (Fsp3) is 0.657. The third kappa shape index (κ3) is 18.8. The van der Waals surface area contributed by atoms with Crippen LogP contribution in [0.15, 0.2) is 17.3 Å². The van der Waals surface area contributed by atoms with Crippen molar-refractivity contribution in [2.24, 2.45) is 28.3 Å². The summed E-state index contributed by atoms with van der Waals surface area (Å²) in [6.45, 7) is 9.36. The molecule has 0 aromatic carbocycles. The average Bonchev–Trinajstić information content (AvgIpc) is 3.17. The van der Waals surface area contributed by atoms with Gasteiger partial charge in [-0.1, -0.05) is 40.7 Å². The van der Waals surface area contributed by atoms with E-state index in [1.807, 2.05) is 5.32 Å². The van der Waals surface area contributed by atoms with Crippen molar-refractivity contribution in [1.29, 1.82) is 0 Å². The van der Waals surface area contributed by atoms with Crippen molar-refractivity contribution in [2.75, 3.05) is 26.4 Å². The fourth-order valence-electron chi connectivity index (χ4n) is 5.04. The minimum atomic E-state index is -1.82. The molecule has 60 heavy (non-hydrogen) atoms. The lowest BCUT2D eigenvalue weighted by Crippen LogP contribution is -2.61. The Bertz CT molecular complexity index is 1570. The number of aliphatic imine (C=N–C) groups is 1. The van der Waals surface area contributed by atoms with Gasteiger partial charge in [-0.05, 0) is 31.6 Å². The van der Waals surface area contributed by atoms with E-state index < -0.39 is 133 Å². The summed E-state index contributed by atoms with van der Waals surface area (Å²) >= 11 is 0. The molecule has 0 rings (SSSR count). The molecule has 0 saturated carbocycles. The van der Waals surface area contributed by atoms with Crippen LogP contribution in [0.2, 0.25) is 0 Å². The summed E-state index contributed by atoms with van der Waals surface area (Å²) in [5, 5.41) is 66.2. The first-order valence-corrected chi connectivity index (χ1v) is 18.8. The van der Waals surface area contributed by atoms with Crippen LogP contribution in [-0.4, -0.2) is 159 Å². The van der Waals surface area contributed by atoms with Gasteiger partial charge in [0.15, 0.2) is 5.96 Å². The Hall–Kier alpha value is -5.92. The maximum atomic E-state index is 13.4. The highest BCUT2D eigenvalue weighted by molar-refractivity contribution is 6.02. The number of aliphatic hydroxyl groups excluding tert-OH is 4. The number of nitrogens with zero attached hydrogens (tertiary/aromatic N) is 1. The zero-order chi connectivity index (χ0) is 46.4. The predicted molar refractivity (Wildman–Crippen MR) is 211 cm³/mol. The second-order valence-electron chi connectivity index (χ2n) is 14.0. The van der Waals surface area contributed by atoms with Gasteiger partial charge in [0.2, 0.25) is 41.4 Å². The van der Waals surface area contributed by atoms with Crippen molar-refractivity contribution in [3.05, 3.63) is 12.3 Å². The first-order valence-electron chi connectivity index (χ1n) is 18.8. The van der Waals surface area contributed by atoms with E-state index in [2.05, 4.69) is 48.8 Å². The number of carboxylic acid groups (broad SMARTS) is 1. The fourth-order valence-corrected chi connectivity index (χ4v) is 5.04. The molecule has 0 heterocycles. The van der Waals surface area contributed by atoms with Crippen LogP contribution in [-0.2, 0) is 43.2 Å². The van der Waals surface area contributed by atoms with Gasteiger partial charge in [0.05, 0.1) is 31.6 Å². The van der Waals surface area contributed by atoms with Crippen LogP contribution in [0.5, 0.6) is 0 Å². The summed E-state index contributed by atoms with van der Waals surface area (Å²) in [6.07, 6.45) is -1.29. The first-order chi connectivity index (χ1) is 27.9. The molecule has 0 aliphatic carbocycles. The van der Waals surface area contributed by atoms with Crippen LogP contribution in [0.25, 0.3) is 0 Å². The van der Waals surface area contributed by atoms with E-state index in [9.17, 15) is 63.6 Å². The number of amides is 8. The third-order valence-corrected chi connectivity index (χ3v) is 8.71. The molecule has 0 aromatic rings. The lowest BCUT2D eigenvalue weighted by atomic mass is 9.98. The quantitative estimate of drug-likeness (QED) is 0.0158. The van der Waals surface area contributed by atoms with Crippen LogP contribution in [0.3, 0.4) is 0 Å². The number of carbonyl (C=O) groups excluding carboxylic acids is 8. The van der Waals surface area contributed by atoms with E-state index in [0.717, 1.165) is 6.92 Å². The normalized spacial score (nSPS) is 15.4. The van der Waals surface area contributed by atoms with Crippen LogP contribution in [0.1, 0.15) is 60.8 Å². The number of nitrogens with two attached hydrogens (primary N) is 2. The van der Waals surface area contributed by atoms with Crippen molar-refractivity contribution < 1.29 is 68.7 Å². The van der Waals surface area contributed by atoms with Crippen LogP contribution >= 0.6 is 0 Å². The maximum Gasteiger partial charge on any atom is 0.328 e. The molecule has 0 bridgehead atoms. The number of nitrogens with one attached hydrogen (secondary N) is 8. The lowest BCUT2D eigenvalue weighted by Gasteiger charge is -2.27. The van der Waals surface area contributed by atoms with Gasteiger partial charge in [-0.2, -0.15) is 0 Å². The number of aliphatic carboxylic acids is 1.